The molecule has 0 bridgehead atoms. The van der Waals surface area contributed by atoms with Gasteiger partial charge in [0.05, 0.1) is 5.70 Å². The molecule has 1 unspecified atom stereocenters. The molecule has 1 fully saturated rings. The molecule has 1 aliphatic rings. The van der Waals surface area contributed by atoms with E-state index in [1.165, 1.54) is 0 Å². The quantitative estimate of drug-likeness (QED) is 0.796. The summed E-state index contributed by atoms with van der Waals surface area (Å²) in [5.74, 6) is 0.827. The molecule has 1 N–H and O–H groups in total. The van der Waals surface area contributed by atoms with Gasteiger partial charge in [-0.25, -0.2) is 0 Å². The summed E-state index contributed by atoms with van der Waals surface area (Å²) >= 11 is 0. The lowest BCUT2D eigenvalue weighted by Crippen LogP contribution is -2.38. The molecule has 1 atom stereocenters. The van der Waals surface area contributed by atoms with Gasteiger partial charge in [0.15, 0.2) is 0 Å². The van der Waals surface area contributed by atoms with E-state index >= 15 is 0 Å². The van der Waals surface area contributed by atoms with Crippen molar-refractivity contribution in [1.29, 1.82) is 0 Å². The number of amides is 1. The van der Waals surface area contributed by atoms with Crippen molar-refractivity contribution < 1.29 is 9.53 Å². The summed E-state index contributed by atoms with van der Waals surface area (Å²) < 4.78 is 5.70. The number of benzene rings is 1. The van der Waals surface area contributed by atoms with Gasteiger partial charge < -0.3 is 10.1 Å². The number of piperidine rings is 1. The molecular weight excluding hydrogens is 190 g/mol. The Morgan fingerprint density at radius 3 is 2.73 bits per heavy atom. The Kier molecular flexibility index (Phi) is 2.72. The summed E-state index contributed by atoms with van der Waals surface area (Å²) in [6.45, 7) is 3.79. The molecule has 1 aromatic rings. The van der Waals surface area contributed by atoms with Gasteiger partial charge in [-0.1, -0.05) is 24.8 Å². The van der Waals surface area contributed by atoms with Gasteiger partial charge in [-0.15, -0.1) is 0 Å². The van der Waals surface area contributed by atoms with E-state index in [0.717, 1.165) is 5.75 Å². The van der Waals surface area contributed by atoms with Crippen molar-refractivity contribution in [1.82, 2.24) is 5.32 Å². The Labute approximate surface area is 88.8 Å². The minimum Gasteiger partial charge on any atom is -0.484 e. The van der Waals surface area contributed by atoms with Crippen molar-refractivity contribution in [2.45, 2.75) is 18.9 Å². The Bertz CT molecular complexity index is 372. The smallest absolute Gasteiger partial charge is 0.224 e. The summed E-state index contributed by atoms with van der Waals surface area (Å²) in [7, 11) is 0. The van der Waals surface area contributed by atoms with Gasteiger partial charge in [-0.2, -0.15) is 0 Å². The Morgan fingerprint density at radius 2 is 2.07 bits per heavy atom. The van der Waals surface area contributed by atoms with Gasteiger partial charge in [-0.05, 0) is 18.6 Å². The highest BCUT2D eigenvalue weighted by molar-refractivity contribution is 5.79. The van der Waals surface area contributed by atoms with Crippen LogP contribution in [0.2, 0.25) is 0 Å². The molecule has 1 amide bonds. The van der Waals surface area contributed by atoms with Crippen LogP contribution in [0.5, 0.6) is 5.75 Å². The van der Waals surface area contributed by atoms with Crippen molar-refractivity contribution >= 4 is 5.91 Å². The van der Waals surface area contributed by atoms with E-state index in [0.29, 0.717) is 18.5 Å². The van der Waals surface area contributed by atoms with Crippen LogP contribution >= 0.6 is 0 Å². The fourth-order valence-corrected chi connectivity index (χ4v) is 1.55. The lowest BCUT2D eigenvalue weighted by Gasteiger charge is -2.25. The van der Waals surface area contributed by atoms with Crippen LogP contribution in [0.4, 0.5) is 0 Å². The highest BCUT2D eigenvalue weighted by Gasteiger charge is 2.22. The lowest BCUT2D eigenvalue weighted by molar-refractivity contribution is -0.122. The van der Waals surface area contributed by atoms with Crippen molar-refractivity contribution in [2.75, 3.05) is 0 Å². The SMILES string of the molecule is C=C1NC(=O)CCC1Oc1ccccc1. The summed E-state index contributed by atoms with van der Waals surface area (Å²) in [4.78, 5) is 11.0. The predicted octanol–water partition coefficient (Wildman–Crippen LogP) is 1.86. The Balaban J connectivity index is 2.01. The topological polar surface area (TPSA) is 38.3 Å². The number of rotatable bonds is 2. The second kappa shape index (κ2) is 4.17. The third kappa shape index (κ3) is 2.37. The fraction of sp³-hybridized carbons (Fsp3) is 0.250. The number of hydrogen-bond donors (Lipinski definition) is 1. The zero-order valence-electron chi connectivity index (χ0n) is 8.40. The second-order valence-corrected chi connectivity index (χ2v) is 3.53. The molecule has 1 heterocycles. The predicted molar refractivity (Wildman–Crippen MR) is 57.4 cm³/mol. The van der Waals surface area contributed by atoms with Crippen LogP contribution in [0, 0.1) is 0 Å². The van der Waals surface area contributed by atoms with Crippen molar-refractivity contribution in [3.8, 4) is 5.75 Å². The summed E-state index contributed by atoms with van der Waals surface area (Å²) in [6.07, 6.45) is 1.08. The molecule has 78 valence electrons. The maximum Gasteiger partial charge on any atom is 0.224 e. The Morgan fingerprint density at radius 1 is 1.33 bits per heavy atom. The number of carbonyl (C=O) groups is 1. The summed E-state index contributed by atoms with van der Waals surface area (Å²) in [5.41, 5.74) is 0.648. The molecule has 2 rings (SSSR count). The molecule has 3 nitrogen and oxygen atoms in total. The van der Waals surface area contributed by atoms with E-state index in [1.807, 2.05) is 30.3 Å². The van der Waals surface area contributed by atoms with Gasteiger partial charge in [-0.3, -0.25) is 4.79 Å². The molecule has 0 saturated carbocycles. The first-order valence-electron chi connectivity index (χ1n) is 4.96. The van der Waals surface area contributed by atoms with E-state index in [2.05, 4.69) is 11.9 Å². The Hall–Kier alpha value is -1.77. The summed E-state index contributed by atoms with van der Waals surface area (Å²) in [6, 6.07) is 9.55. The van der Waals surface area contributed by atoms with E-state index in [1.54, 1.807) is 0 Å². The third-order valence-corrected chi connectivity index (χ3v) is 2.34. The molecule has 1 saturated heterocycles. The van der Waals surface area contributed by atoms with Crippen LogP contribution in [-0.4, -0.2) is 12.0 Å². The first-order chi connectivity index (χ1) is 7.25. The number of ether oxygens (including phenoxy) is 1. The summed E-state index contributed by atoms with van der Waals surface area (Å²) in [5, 5.41) is 2.69. The number of carbonyl (C=O) groups excluding carboxylic acids is 1. The van der Waals surface area contributed by atoms with Crippen LogP contribution in [-0.2, 0) is 4.79 Å². The first kappa shape index (κ1) is 9.77. The maximum atomic E-state index is 11.0. The zero-order chi connectivity index (χ0) is 10.7. The monoisotopic (exact) mass is 203 g/mol. The van der Waals surface area contributed by atoms with Crippen LogP contribution in [0.1, 0.15) is 12.8 Å². The third-order valence-electron chi connectivity index (χ3n) is 2.34. The van der Waals surface area contributed by atoms with E-state index in [9.17, 15) is 4.79 Å². The van der Waals surface area contributed by atoms with Crippen molar-refractivity contribution in [3.63, 3.8) is 0 Å². The minimum absolute atomic E-state index is 0.0212. The van der Waals surface area contributed by atoms with Crippen LogP contribution in [0.25, 0.3) is 0 Å². The fourth-order valence-electron chi connectivity index (χ4n) is 1.55. The molecule has 1 aromatic carbocycles. The minimum atomic E-state index is -0.106. The highest BCUT2D eigenvalue weighted by Crippen LogP contribution is 2.19. The number of nitrogens with one attached hydrogen (secondary N) is 1. The van der Waals surface area contributed by atoms with E-state index < -0.39 is 0 Å². The van der Waals surface area contributed by atoms with Crippen LogP contribution in [0.15, 0.2) is 42.6 Å². The number of hydrogen-bond acceptors (Lipinski definition) is 2. The average molecular weight is 203 g/mol. The molecule has 0 radical (unpaired) electrons. The molecule has 15 heavy (non-hydrogen) atoms. The molecular formula is C12H13NO2. The molecule has 0 spiro atoms. The van der Waals surface area contributed by atoms with Gasteiger partial charge in [0.2, 0.25) is 5.91 Å². The van der Waals surface area contributed by atoms with E-state index in [4.69, 9.17) is 4.74 Å². The van der Waals surface area contributed by atoms with Crippen molar-refractivity contribution in [3.05, 3.63) is 42.6 Å². The van der Waals surface area contributed by atoms with Crippen LogP contribution in [0.3, 0.4) is 0 Å². The molecule has 1 aliphatic heterocycles. The second-order valence-electron chi connectivity index (χ2n) is 3.53. The largest absolute Gasteiger partial charge is 0.484 e. The van der Waals surface area contributed by atoms with Gasteiger partial charge in [0.25, 0.3) is 0 Å². The molecule has 0 aromatic heterocycles. The van der Waals surface area contributed by atoms with E-state index in [-0.39, 0.29) is 12.0 Å². The average Bonchev–Trinajstić information content (AvgIpc) is 2.24. The molecule has 0 aliphatic carbocycles. The normalized spacial score (nSPS) is 20.9. The standard InChI is InChI=1S/C12H13NO2/c1-9-11(7-8-12(14)13-9)15-10-5-3-2-4-6-10/h2-6,11H,1,7-8H2,(H,13,14). The van der Waals surface area contributed by atoms with Crippen molar-refractivity contribution in [2.24, 2.45) is 0 Å². The van der Waals surface area contributed by atoms with Gasteiger partial charge in [0.1, 0.15) is 11.9 Å². The highest BCUT2D eigenvalue weighted by atomic mass is 16.5. The lowest BCUT2D eigenvalue weighted by atomic mass is 10.1. The molecule has 3 heteroatoms. The zero-order valence-corrected chi connectivity index (χ0v) is 8.40. The van der Waals surface area contributed by atoms with Gasteiger partial charge >= 0.3 is 0 Å². The maximum absolute atomic E-state index is 11.0. The van der Waals surface area contributed by atoms with Gasteiger partial charge in [0, 0.05) is 6.42 Å². The number of para-hydroxylation sites is 1. The van der Waals surface area contributed by atoms with Crippen LogP contribution < -0.4 is 10.1 Å². The first-order valence-corrected chi connectivity index (χ1v) is 4.96.